The number of piperidine rings is 2. The maximum atomic E-state index is 12.8. The number of nitrogens with zero attached hydrogens (tertiary/aromatic N) is 2. The summed E-state index contributed by atoms with van der Waals surface area (Å²) in [6.45, 7) is 9.26. The van der Waals surface area contributed by atoms with Gasteiger partial charge in [-0.05, 0) is 62.6 Å². The van der Waals surface area contributed by atoms with Crippen LogP contribution in [0.25, 0.3) is 0 Å². The summed E-state index contributed by atoms with van der Waals surface area (Å²) in [5.41, 5.74) is 0. The Kier molecular flexibility index (Phi) is 8.36. The molecule has 0 bridgehead atoms. The van der Waals surface area contributed by atoms with Crippen molar-refractivity contribution in [3.63, 3.8) is 0 Å². The van der Waals surface area contributed by atoms with Crippen LogP contribution in [0.4, 0.5) is 4.79 Å². The zero-order valence-electron chi connectivity index (χ0n) is 17.9. The molecule has 2 saturated heterocycles. The molecular weight excluding hydrogens is 384 g/mol. The van der Waals surface area contributed by atoms with Gasteiger partial charge in [0.25, 0.3) is 0 Å². The van der Waals surface area contributed by atoms with Crippen LogP contribution < -0.4 is 10.6 Å². The highest BCUT2D eigenvalue weighted by molar-refractivity contribution is 7.10. The SMILES string of the molecule is CCCNC(=O)C1CCN(C(=O)NCC(c2cccs2)N2CCC(C)CC2)CC1. The number of nitrogens with one attached hydrogen (secondary N) is 2. The summed E-state index contributed by atoms with van der Waals surface area (Å²) >= 11 is 1.77. The Morgan fingerprint density at radius 1 is 1.14 bits per heavy atom. The molecule has 0 saturated carbocycles. The van der Waals surface area contributed by atoms with Gasteiger partial charge in [-0.15, -0.1) is 11.3 Å². The summed E-state index contributed by atoms with van der Waals surface area (Å²) in [6.07, 6.45) is 4.91. The minimum Gasteiger partial charge on any atom is -0.356 e. The second-order valence-electron chi connectivity index (χ2n) is 8.49. The monoisotopic (exact) mass is 420 g/mol. The van der Waals surface area contributed by atoms with E-state index in [-0.39, 0.29) is 23.9 Å². The Hall–Kier alpha value is -1.60. The number of urea groups is 1. The van der Waals surface area contributed by atoms with Gasteiger partial charge < -0.3 is 15.5 Å². The quantitative estimate of drug-likeness (QED) is 0.710. The smallest absolute Gasteiger partial charge is 0.317 e. The molecule has 0 spiro atoms. The number of hydrogen-bond donors (Lipinski definition) is 2. The first-order chi connectivity index (χ1) is 14.1. The van der Waals surface area contributed by atoms with E-state index in [9.17, 15) is 9.59 Å². The van der Waals surface area contributed by atoms with E-state index in [2.05, 4.69) is 46.9 Å². The summed E-state index contributed by atoms with van der Waals surface area (Å²) in [4.78, 5) is 30.6. The molecule has 162 valence electrons. The van der Waals surface area contributed by atoms with E-state index in [0.29, 0.717) is 19.6 Å². The van der Waals surface area contributed by atoms with Crippen molar-refractivity contribution in [3.8, 4) is 0 Å². The zero-order chi connectivity index (χ0) is 20.6. The van der Waals surface area contributed by atoms with E-state index < -0.39 is 0 Å². The van der Waals surface area contributed by atoms with E-state index in [0.717, 1.165) is 44.8 Å². The predicted octanol–water partition coefficient (Wildman–Crippen LogP) is 3.47. The largest absolute Gasteiger partial charge is 0.356 e. The van der Waals surface area contributed by atoms with E-state index in [1.165, 1.54) is 17.7 Å². The summed E-state index contributed by atoms with van der Waals surface area (Å²) in [6, 6.07) is 4.53. The fourth-order valence-corrected chi connectivity index (χ4v) is 5.12. The van der Waals surface area contributed by atoms with Gasteiger partial charge in [0.15, 0.2) is 0 Å². The number of likely N-dealkylation sites (tertiary alicyclic amines) is 2. The third kappa shape index (κ3) is 6.19. The summed E-state index contributed by atoms with van der Waals surface area (Å²) in [5, 5.41) is 8.27. The molecule has 0 radical (unpaired) electrons. The molecule has 1 aromatic rings. The number of rotatable bonds is 7. The van der Waals surface area contributed by atoms with E-state index in [4.69, 9.17) is 0 Å². The van der Waals surface area contributed by atoms with E-state index in [1.807, 2.05) is 4.90 Å². The zero-order valence-corrected chi connectivity index (χ0v) is 18.7. The molecule has 2 aliphatic heterocycles. The molecule has 3 heterocycles. The molecule has 1 unspecified atom stereocenters. The Labute approximate surface area is 179 Å². The molecule has 2 fully saturated rings. The van der Waals surface area contributed by atoms with Gasteiger partial charge in [0.1, 0.15) is 0 Å². The van der Waals surface area contributed by atoms with E-state index >= 15 is 0 Å². The van der Waals surface area contributed by atoms with E-state index in [1.54, 1.807) is 11.3 Å². The van der Waals surface area contributed by atoms with Gasteiger partial charge in [-0.3, -0.25) is 9.69 Å². The first-order valence-corrected chi connectivity index (χ1v) is 12.0. The van der Waals surface area contributed by atoms with Crippen LogP contribution in [-0.2, 0) is 4.79 Å². The standard InChI is InChI=1S/C22H36N4O2S/c1-3-10-23-21(27)18-8-13-26(14-9-18)22(28)24-16-19(20-5-4-15-29-20)25-11-6-17(2)7-12-25/h4-5,15,17-19H,3,6-14,16H2,1-2H3,(H,23,27)(H,24,28). The Morgan fingerprint density at radius 3 is 2.48 bits per heavy atom. The summed E-state index contributed by atoms with van der Waals surface area (Å²) in [7, 11) is 0. The lowest BCUT2D eigenvalue weighted by Gasteiger charge is -2.37. The lowest BCUT2D eigenvalue weighted by atomic mass is 9.96. The third-order valence-corrected chi connectivity index (χ3v) is 7.25. The number of carbonyl (C=O) groups excluding carboxylic acids is 2. The average Bonchev–Trinajstić information content (AvgIpc) is 3.28. The average molecular weight is 421 g/mol. The maximum Gasteiger partial charge on any atom is 0.317 e. The van der Waals surface area contributed by atoms with Gasteiger partial charge >= 0.3 is 6.03 Å². The van der Waals surface area contributed by atoms with Crippen molar-refractivity contribution in [1.29, 1.82) is 0 Å². The van der Waals surface area contributed by atoms with Crippen LogP contribution >= 0.6 is 11.3 Å². The summed E-state index contributed by atoms with van der Waals surface area (Å²) in [5.74, 6) is 0.976. The van der Waals surface area contributed by atoms with Crippen molar-refractivity contribution in [2.24, 2.45) is 11.8 Å². The predicted molar refractivity (Wildman–Crippen MR) is 118 cm³/mol. The maximum absolute atomic E-state index is 12.8. The Balaban J connectivity index is 1.48. The fourth-order valence-electron chi connectivity index (χ4n) is 4.26. The molecule has 3 rings (SSSR count). The lowest BCUT2D eigenvalue weighted by Crippen LogP contribution is -2.49. The van der Waals surface area contributed by atoms with Crippen LogP contribution in [0.5, 0.6) is 0 Å². The number of thiophene rings is 1. The molecule has 7 heteroatoms. The Morgan fingerprint density at radius 2 is 1.86 bits per heavy atom. The van der Waals surface area contributed by atoms with Crippen molar-refractivity contribution >= 4 is 23.3 Å². The van der Waals surface area contributed by atoms with Gasteiger partial charge in [-0.1, -0.05) is 19.9 Å². The highest BCUT2D eigenvalue weighted by atomic mass is 32.1. The molecule has 6 nitrogen and oxygen atoms in total. The lowest BCUT2D eigenvalue weighted by molar-refractivity contribution is -0.126. The first-order valence-electron chi connectivity index (χ1n) is 11.2. The highest BCUT2D eigenvalue weighted by Crippen LogP contribution is 2.29. The minimum atomic E-state index is 0.00403. The van der Waals surface area contributed by atoms with Crippen LogP contribution in [0.3, 0.4) is 0 Å². The first kappa shape index (κ1) is 22.1. The molecule has 1 atom stereocenters. The van der Waals surface area contributed by atoms with Gasteiger partial charge in [-0.25, -0.2) is 4.79 Å². The molecule has 1 aromatic heterocycles. The minimum absolute atomic E-state index is 0.00403. The molecule has 2 N–H and O–H groups in total. The van der Waals surface area contributed by atoms with Crippen LogP contribution in [0, 0.1) is 11.8 Å². The van der Waals surface area contributed by atoms with Crippen molar-refractivity contribution < 1.29 is 9.59 Å². The fraction of sp³-hybridized carbons (Fsp3) is 0.727. The van der Waals surface area contributed by atoms with Gasteiger partial charge in [0.2, 0.25) is 5.91 Å². The topological polar surface area (TPSA) is 64.7 Å². The van der Waals surface area contributed by atoms with Gasteiger partial charge in [0.05, 0.1) is 6.04 Å². The van der Waals surface area contributed by atoms with Crippen LogP contribution in [0.2, 0.25) is 0 Å². The van der Waals surface area contributed by atoms with Crippen molar-refractivity contribution in [2.45, 2.75) is 52.0 Å². The number of hydrogen-bond acceptors (Lipinski definition) is 4. The van der Waals surface area contributed by atoms with Crippen LogP contribution in [-0.4, -0.2) is 61.0 Å². The van der Waals surface area contributed by atoms with Crippen LogP contribution in [0.1, 0.15) is 56.9 Å². The third-order valence-electron chi connectivity index (χ3n) is 6.28. The van der Waals surface area contributed by atoms with Crippen molar-refractivity contribution in [1.82, 2.24) is 20.4 Å². The molecule has 29 heavy (non-hydrogen) atoms. The molecule has 0 aliphatic carbocycles. The second-order valence-corrected chi connectivity index (χ2v) is 9.47. The molecule has 0 aromatic carbocycles. The molecule has 2 aliphatic rings. The number of carbonyl (C=O) groups is 2. The van der Waals surface area contributed by atoms with Gasteiger partial charge in [0, 0.05) is 37.0 Å². The van der Waals surface area contributed by atoms with Crippen molar-refractivity contribution in [2.75, 3.05) is 39.3 Å². The second kappa shape index (κ2) is 11.0. The normalized spacial score (nSPS) is 20.4. The Bertz CT molecular complexity index is 635. The highest BCUT2D eigenvalue weighted by Gasteiger charge is 2.29. The molecule has 3 amide bonds. The van der Waals surface area contributed by atoms with Crippen molar-refractivity contribution in [3.05, 3.63) is 22.4 Å². The number of amides is 3. The van der Waals surface area contributed by atoms with Gasteiger partial charge in [-0.2, -0.15) is 0 Å². The summed E-state index contributed by atoms with van der Waals surface area (Å²) < 4.78 is 0. The molecular formula is C22H36N4O2S. The van der Waals surface area contributed by atoms with Crippen LogP contribution in [0.15, 0.2) is 17.5 Å².